The molecule has 2 aromatic heterocycles. The Bertz CT molecular complexity index is 662. The van der Waals surface area contributed by atoms with E-state index in [1.807, 2.05) is 20.9 Å². The summed E-state index contributed by atoms with van der Waals surface area (Å²) in [5, 5.41) is 12.2. The fraction of sp³-hybridized carbons (Fsp3) is 0.538. The molecule has 2 aromatic rings. The van der Waals surface area contributed by atoms with Crippen molar-refractivity contribution in [1.82, 2.24) is 24.8 Å². The quantitative estimate of drug-likeness (QED) is 0.780. The van der Waals surface area contributed by atoms with Crippen molar-refractivity contribution in [2.75, 3.05) is 13.8 Å². The molecule has 2 heterocycles. The molecular weight excluding hydrogens is 277 g/mol. The van der Waals surface area contributed by atoms with Crippen LogP contribution in [-0.2, 0) is 18.3 Å². The van der Waals surface area contributed by atoms with E-state index in [0.717, 1.165) is 17.0 Å². The molecule has 0 spiro atoms. The van der Waals surface area contributed by atoms with Gasteiger partial charge in [-0.25, -0.2) is 9.48 Å². The summed E-state index contributed by atoms with van der Waals surface area (Å²) >= 11 is 0. The van der Waals surface area contributed by atoms with Gasteiger partial charge in [0.1, 0.15) is 5.69 Å². The number of carbonyl (C=O) groups is 1. The minimum Gasteiger partial charge on any atom is -0.464 e. The molecule has 0 radical (unpaired) electrons. The number of esters is 1. The van der Waals surface area contributed by atoms with Gasteiger partial charge >= 0.3 is 5.97 Å². The molecule has 21 heavy (non-hydrogen) atoms. The van der Waals surface area contributed by atoms with Crippen LogP contribution in [0.2, 0.25) is 0 Å². The Morgan fingerprint density at radius 3 is 2.62 bits per heavy atom. The number of hydrogen-bond donors (Lipinski definition) is 0. The van der Waals surface area contributed by atoms with Crippen LogP contribution in [0, 0.1) is 13.8 Å². The molecule has 0 aliphatic carbocycles. The normalized spacial score (nSPS) is 10.9. The third kappa shape index (κ3) is 2.65. The zero-order chi connectivity index (χ0) is 15.6. The van der Waals surface area contributed by atoms with Crippen molar-refractivity contribution >= 4 is 5.97 Å². The largest absolute Gasteiger partial charge is 0.464 e. The van der Waals surface area contributed by atoms with Crippen LogP contribution in [0.25, 0.3) is 11.3 Å². The van der Waals surface area contributed by atoms with Gasteiger partial charge in [0.25, 0.3) is 0 Å². The lowest BCUT2D eigenvalue weighted by molar-refractivity contribution is 0.0595. The van der Waals surface area contributed by atoms with Gasteiger partial charge in [0, 0.05) is 24.8 Å². The number of halogens is 1. The highest BCUT2D eigenvalue weighted by molar-refractivity contribution is 5.94. The second kappa shape index (κ2) is 6.02. The summed E-state index contributed by atoms with van der Waals surface area (Å²) in [6.45, 7) is 3.61. The lowest BCUT2D eigenvalue weighted by atomic mass is 10.1. The van der Waals surface area contributed by atoms with Crippen LogP contribution in [0.4, 0.5) is 4.39 Å². The lowest BCUT2D eigenvalue weighted by Gasteiger charge is -2.07. The van der Waals surface area contributed by atoms with Gasteiger partial charge in [-0.05, 0) is 20.3 Å². The fourth-order valence-corrected chi connectivity index (χ4v) is 2.28. The van der Waals surface area contributed by atoms with Gasteiger partial charge in [-0.15, -0.1) is 5.10 Å². The molecule has 0 aromatic carbocycles. The van der Waals surface area contributed by atoms with E-state index in [9.17, 15) is 9.18 Å². The van der Waals surface area contributed by atoms with Crippen molar-refractivity contribution in [2.24, 2.45) is 7.05 Å². The maximum Gasteiger partial charge on any atom is 0.360 e. The summed E-state index contributed by atoms with van der Waals surface area (Å²) in [4.78, 5) is 11.9. The number of alkyl halides is 1. The number of methoxy groups -OCH3 is 1. The monoisotopic (exact) mass is 295 g/mol. The van der Waals surface area contributed by atoms with E-state index in [1.54, 1.807) is 4.68 Å². The number of aromatic nitrogens is 5. The highest BCUT2D eigenvalue weighted by Crippen LogP contribution is 2.29. The van der Waals surface area contributed by atoms with E-state index in [0.29, 0.717) is 18.7 Å². The molecule has 0 aliphatic heterocycles. The highest BCUT2D eigenvalue weighted by Gasteiger charge is 2.26. The van der Waals surface area contributed by atoms with Crippen molar-refractivity contribution in [1.29, 1.82) is 0 Å². The summed E-state index contributed by atoms with van der Waals surface area (Å²) in [6.07, 6.45) is 0.301. The predicted octanol–water partition coefficient (Wildman–Crippen LogP) is 1.44. The van der Waals surface area contributed by atoms with Crippen molar-refractivity contribution in [3.8, 4) is 11.3 Å². The molecule has 7 nitrogen and oxygen atoms in total. The third-order valence-electron chi connectivity index (χ3n) is 3.36. The number of ether oxygens (including phenoxy) is 1. The Hall–Kier alpha value is -2.25. The minimum atomic E-state index is -0.570. The van der Waals surface area contributed by atoms with Crippen molar-refractivity contribution in [3.63, 3.8) is 0 Å². The molecule has 0 aliphatic rings. The Balaban J connectivity index is 2.62. The van der Waals surface area contributed by atoms with Crippen LogP contribution in [0.5, 0.6) is 0 Å². The number of aryl methyl sites for hydroxylation is 3. The topological polar surface area (TPSA) is 74.8 Å². The van der Waals surface area contributed by atoms with Gasteiger partial charge in [0.2, 0.25) is 0 Å². The number of hydrogen-bond acceptors (Lipinski definition) is 5. The first kappa shape index (κ1) is 15.1. The zero-order valence-corrected chi connectivity index (χ0v) is 12.6. The first-order chi connectivity index (χ1) is 10.0. The van der Waals surface area contributed by atoms with E-state index >= 15 is 0 Å². The summed E-state index contributed by atoms with van der Waals surface area (Å²) in [7, 11) is 3.11. The predicted molar refractivity (Wildman–Crippen MR) is 73.6 cm³/mol. The lowest BCUT2D eigenvalue weighted by Crippen LogP contribution is -2.08. The second-order valence-corrected chi connectivity index (χ2v) is 4.71. The molecule has 0 unspecified atom stereocenters. The van der Waals surface area contributed by atoms with E-state index < -0.39 is 12.6 Å². The molecule has 114 valence electrons. The smallest absolute Gasteiger partial charge is 0.360 e. The summed E-state index contributed by atoms with van der Waals surface area (Å²) in [5.74, 6) is -0.570. The molecule has 0 amide bonds. The average molecular weight is 295 g/mol. The van der Waals surface area contributed by atoms with Crippen LogP contribution in [0.1, 0.15) is 28.3 Å². The zero-order valence-electron chi connectivity index (χ0n) is 12.6. The van der Waals surface area contributed by atoms with E-state index in [2.05, 4.69) is 15.4 Å². The van der Waals surface area contributed by atoms with Gasteiger partial charge < -0.3 is 4.74 Å². The molecule has 0 saturated heterocycles. The molecule has 8 heteroatoms. The highest BCUT2D eigenvalue weighted by atomic mass is 19.1. The molecule has 2 rings (SSSR count). The van der Waals surface area contributed by atoms with Crippen molar-refractivity contribution < 1.29 is 13.9 Å². The number of nitrogens with zero attached hydrogens (tertiary/aromatic N) is 5. The summed E-state index contributed by atoms with van der Waals surface area (Å²) in [6, 6.07) is 0. The van der Waals surface area contributed by atoms with Gasteiger partial charge in [-0.1, -0.05) is 5.21 Å². The Kier molecular flexibility index (Phi) is 4.35. The summed E-state index contributed by atoms with van der Waals surface area (Å²) in [5.41, 5.74) is 3.06. The first-order valence-electron chi connectivity index (χ1n) is 6.59. The standard InChI is InChI=1S/C13H18FN5O2/c1-8-10(9(2)18(3)16-8)12-11(13(20)21-4)15-17-19(12)7-5-6-14/h5-7H2,1-4H3. The van der Waals surface area contributed by atoms with Crippen LogP contribution in [-0.4, -0.2) is 44.5 Å². The fourth-order valence-electron chi connectivity index (χ4n) is 2.28. The van der Waals surface area contributed by atoms with E-state index in [-0.39, 0.29) is 5.69 Å². The Labute approximate surface area is 121 Å². The molecule has 0 saturated carbocycles. The van der Waals surface area contributed by atoms with Gasteiger partial charge in [-0.3, -0.25) is 9.07 Å². The van der Waals surface area contributed by atoms with E-state index in [4.69, 9.17) is 4.74 Å². The maximum absolute atomic E-state index is 12.4. The Morgan fingerprint density at radius 1 is 1.38 bits per heavy atom. The van der Waals surface area contributed by atoms with Crippen molar-refractivity contribution in [3.05, 3.63) is 17.1 Å². The number of carbonyl (C=O) groups excluding carboxylic acids is 1. The van der Waals surface area contributed by atoms with E-state index in [1.165, 1.54) is 11.8 Å². The summed E-state index contributed by atoms with van der Waals surface area (Å²) < 4.78 is 20.4. The molecule has 0 atom stereocenters. The molecule has 0 N–H and O–H groups in total. The van der Waals surface area contributed by atoms with Crippen LogP contribution in [0.15, 0.2) is 0 Å². The van der Waals surface area contributed by atoms with Gasteiger partial charge in [0.15, 0.2) is 5.69 Å². The van der Waals surface area contributed by atoms with Gasteiger partial charge in [0.05, 0.1) is 19.5 Å². The molecule has 0 fully saturated rings. The first-order valence-corrected chi connectivity index (χ1v) is 6.59. The van der Waals surface area contributed by atoms with Crippen LogP contribution in [0.3, 0.4) is 0 Å². The van der Waals surface area contributed by atoms with Gasteiger partial charge in [-0.2, -0.15) is 5.10 Å². The SMILES string of the molecule is COC(=O)c1nnn(CCCF)c1-c1c(C)nn(C)c1C. The third-order valence-corrected chi connectivity index (χ3v) is 3.36. The number of rotatable bonds is 5. The molecular formula is C13H18FN5O2. The Morgan fingerprint density at radius 2 is 2.10 bits per heavy atom. The average Bonchev–Trinajstić information content (AvgIpc) is 2.97. The van der Waals surface area contributed by atoms with Crippen LogP contribution >= 0.6 is 0 Å². The molecule has 0 bridgehead atoms. The van der Waals surface area contributed by atoms with Crippen molar-refractivity contribution in [2.45, 2.75) is 26.8 Å². The second-order valence-electron chi connectivity index (χ2n) is 4.71. The van der Waals surface area contributed by atoms with Crippen LogP contribution < -0.4 is 0 Å². The maximum atomic E-state index is 12.4. The minimum absolute atomic E-state index is 0.121.